The number of rotatable bonds is 5. The van der Waals surface area contributed by atoms with Crippen molar-refractivity contribution in [1.29, 1.82) is 0 Å². The number of urea groups is 1. The maximum atomic E-state index is 11.4. The molecule has 0 bridgehead atoms. The van der Waals surface area contributed by atoms with Crippen LogP contribution in [-0.4, -0.2) is 33.5 Å². The first kappa shape index (κ1) is 13.1. The monoisotopic (exact) mass is 240 g/mol. The molecule has 0 aliphatic carbocycles. The average Bonchev–Trinajstić information content (AvgIpc) is 2.73. The van der Waals surface area contributed by atoms with Gasteiger partial charge in [0.1, 0.15) is 6.54 Å². The number of carbonyl (C=O) groups is 2. The van der Waals surface area contributed by atoms with Crippen LogP contribution in [0.5, 0.6) is 0 Å². The van der Waals surface area contributed by atoms with Crippen LogP contribution in [0.25, 0.3) is 0 Å². The molecular weight excluding hydrogens is 224 g/mol. The van der Waals surface area contributed by atoms with Gasteiger partial charge in [0.05, 0.1) is 11.9 Å². The van der Waals surface area contributed by atoms with E-state index in [1.807, 2.05) is 6.92 Å². The molecule has 1 aromatic rings. The number of aromatic nitrogens is 3. The second-order valence-corrected chi connectivity index (χ2v) is 3.42. The van der Waals surface area contributed by atoms with Crippen molar-refractivity contribution in [3.05, 3.63) is 11.9 Å². The Morgan fingerprint density at radius 1 is 1.53 bits per heavy atom. The quantitative estimate of drug-likeness (QED) is 0.609. The lowest BCUT2D eigenvalue weighted by Crippen LogP contribution is -2.41. The van der Waals surface area contributed by atoms with Crippen LogP contribution < -0.4 is 16.4 Å². The number of hydrogen-bond donors (Lipinski definition) is 3. The number of amides is 3. The molecular formula is C9H16N6O2. The zero-order valence-corrected chi connectivity index (χ0v) is 9.64. The van der Waals surface area contributed by atoms with Crippen molar-refractivity contribution in [3.8, 4) is 0 Å². The third kappa shape index (κ3) is 4.60. The number of nitrogens with zero attached hydrogens (tertiary/aromatic N) is 3. The summed E-state index contributed by atoms with van der Waals surface area (Å²) in [6, 6.07) is -0.504. The Balaban J connectivity index is 2.36. The molecule has 0 aliphatic rings. The van der Waals surface area contributed by atoms with Gasteiger partial charge >= 0.3 is 6.03 Å². The van der Waals surface area contributed by atoms with Crippen molar-refractivity contribution in [2.24, 2.45) is 5.73 Å². The van der Waals surface area contributed by atoms with Crippen LogP contribution in [0.3, 0.4) is 0 Å². The largest absolute Gasteiger partial charge is 0.338 e. The molecule has 0 saturated heterocycles. The second kappa shape index (κ2) is 6.59. The normalized spacial score (nSPS) is 10.0. The highest BCUT2D eigenvalue weighted by atomic mass is 16.2. The number of hydrogen-bond acceptors (Lipinski definition) is 5. The Labute approximate surface area is 98.5 Å². The molecule has 3 amide bonds. The van der Waals surface area contributed by atoms with Gasteiger partial charge in [0.15, 0.2) is 0 Å². The zero-order valence-electron chi connectivity index (χ0n) is 9.64. The minimum atomic E-state index is -0.504. The van der Waals surface area contributed by atoms with Crippen LogP contribution in [0.4, 0.5) is 4.79 Å². The molecule has 1 rings (SSSR count). The van der Waals surface area contributed by atoms with Crippen molar-refractivity contribution in [3.63, 3.8) is 0 Å². The standard InChI is InChI=1S/C9H16N6O2/c1-2-3-11-9(17)12-8(16)6-15-5-7(4-10)13-14-15/h5H,2-4,6,10H2,1H3,(H2,11,12,16,17). The third-order valence-corrected chi connectivity index (χ3v) is 1.89. The maximum absolute atomic E-state index is 11.4. The highest BCUT2D eigenvalue weighted by Crippen LogP contribution is 1.90. The molecule has 8 nitrogen and oxygen atoms in total. The average molecular weight is 240 g/mol. The highest BCUT2D eigenvalue weighted by Gasteiger charge is 2.08. The first-order chi connectivity index (χ1) is 8.15. The molecule has 0 saturated carbocycles. The van der Waals surface area contributed by atoms with Crippen LogP contribution in [0, 0.1) is 0 Å². The Morgan fingerprint density at radius 3 is 2.88 bits per heavy atom. The lowest BCUT2D eigenvalue weighted by atomic mass is 10.5. The Bertz CT molecular complexity index is 389. The highest BCUT2D eigenvalue weighted by molar-refractivity contribution is 5.94. The lowest BCUT2D eigenvalue weighted by molar-refractivity contribution is -0.120. The van der Waals surface area contributed by atoms with E-state index in [0.717, 1.165) is 6.42 Å². The summed E-state index contributed by atoms with van der Waals surface area (Å²) in [5.41, 5.74) is 5.94. The van der Waals surface area contributed by atoms with Crippen molar-refractivity contribution in [2.75, 3.05) is 6.54 Å². The predicted molar refractivity (Wildman–Crippen MR) is 59.7 cm³/mol. The molecule has 4 N–H and O–H groups in total. The van der Waals surface area contributed by atoms with Gasteiger partial charge in [0, 0.05) is 13.1 Å². The summed E-state index contributed by atoms with van der Waals surface area (Å²) < 4.78 is 1.32. The van der Waals surface area contributed by atoms with Crippen molar-refractivity contribution >= 4 is 11.9 Å². The van der Waals surface area contributed by atoms with Gasteiger partial charge in [-0.1, -0.05) is 12.1 Å². The van der Waals surface area contributed by atoms with Crippen LogP contribution in [0.2, 0.25) is 0 Å². The Kier molecular flexibility index (Phi) is 5.08. The van der Waals surface area contributed by atoms with E-state index in [1.54, 1.807) is 6.20 Å². The molecule has 1 heterocycles. The number of nitrogens with two attached hydrogens (primary N) is 1. The minimum Gasteiger partial charge on any atom is -0.338 e. The van der Waals surface area contributed by atoms with E-state index in [0.29, 0.717) is 12.2 Å². The summed E-state index contributed by atoms with van der Waals surface area (Å²) in [5, 5.41) is 12.1. The van der Waals surface area contributed by atoms with E-state index in [1.165, 1.54) is 4.68 Å². The molecule has 1 aromatic heterocycles. The fraction of sp³-hybridized carbons (Fsp3) is 0.556. The molecule has 0 radical (unpaired) electrons. The van der Waals surface area contributed by atoms with Gasteiger partial charge in [-0.25, -0.2) is 9.48 Å². The van der Waals surface area contributed by atoms with E-state index in [4.69, 9.17) is 5.73 Å². The van der Waals surface area contributed by atoms with Crippen molar-refractivity contribution < 1.29 is 9.59 Å². The molecule has 0 unspecified atom stereocenters. The first-order valence-electron chi connectivity index (χ1n) is 5.32. The number of carbonyl (C=O) groups excluding carboxylic acids is 2. The summed E-state index contributed by atoms with van der Waals surface area (Å²) in [6.45, 7) is 2.65. The minimum absolute atomic E-state index is 0.0630. The maximum Gasteiger partial charge on any atom is 0.321 e. The SMILES string of the molecule is CCCNC(=O)NC(=O)Cn1cc(CN)nn1. The number of nitrogens with one attached hydrogen (secondary N) is 2. The van der Waals surface area contributed by atoms with Gasteiger partial charge in [-0.15, -0.1) is 5.10 Å². The van der Waals surface area contributed by atoms with Crippen molar-refractivity contribution in [2.45, 2.75) is 26.4 Å². The van der Waals surface area contributed by atoms with E-state index >= 15 is 0 Å². The fourth-order valence-corrected chi connectivity index (χ4v) is 1.11. The van der Waals surface area contributed by atoms with E-state index in [-0.39, 0.29) is 13.1 Å². The summed E-state index contributed by atoms with van der Waals surface area (Å²) >= 11 is 0. The fourth-order valence-electron chi connectivity index (χ4n) is 1.11. The molecule has 0 atom stereocenters. The predicted octanol–water partition coefficient (Wildman–Crippen LogP) is -1.03. The third-order valence-electron chi connectivity index (χ3n) is 1.89. The lowest BCUT2D eigenvalue weighted by Gasteiger charge is -2.04. The van der Waals surface area contributed by atoms with Crippen LogP contribution in [0.15, 0.2) is 6.20 Å². The summed E-state index contributed by atoms with van der Waals surface area (Å²) in [7, 11) is 0. The van der Waals surface area contributed by atoms with E-state index in [2.05, 4.69) is 20.9 Å². The molecule has 8 heteroatoms. The first-order valence-corrected chi connectivity index (χ1v) is 5.32. The summed E-state index contributed by atoms with van der Waals surface area (Å²) in [6.07, 6.45) is 2.37. The Morgan fingerprint density at radius 2 is 2.29 bits per heavy atom. The van der Waals surface area contributed by atoms with Crippen LogP contribution in [-0.2, 0) is 17.9 Å². The summed E-state index contributed by atoms with van der Waals surface area (Å²) in [4.78, 5) is 22.5. The molecule has 0 aromatic carbocycles. The molecule has 17 heavy (non-hydrogen) atoms. The van der Waals surface area contributed by atoms with Gasteiger partial charge in [-0.3, -0.25) is 10.1 Å². The summed E-state index contributed by atoms with van der Waals surface area (Å²) in [5.74, 6) is -0.452. The van der Waals surface area contributed by atoms with Crippen molar-refractivity contribution in [1.82, 2.24) is 25.6 Å². The van der Waals surface area contributed by atoms with Gasteiger partial charge < -0.3 is 11.1 Å². The smallest absolute Gasteiger partial charge is 0.321 e. The van der Waals surface area contributed by atoms with E-state index in [9.17, 15) is 9.59 Å². The molecule has 0 fully saturated rings. The molecule has 0 spiro atoms. The Hall–Kier alpha value is -1.96. The second-order valence-electron chi connectivity index (χ2n) is 3.42. The van der Waals surface area contributed by atoms with Crippen LogP contribution >= 0.6 is 0 Å². The van der Waals surface area contributed by atoms with Crippen LogP contribution in [0.1, 0.15) is 19.0 Å². The molecule has 94 valence electrons. The van der Waals surface area contributed by atoms with Gasteiger partial charge in [-0.05, 0) is 6.42 Å². The van der Waals surface area contributed by atoms with Gasteiger partial charge in [0.25, 0.3) is 0 Å². The zero-order chi connectivity index (χ0) is 12.7. The van der Waals surface area contributed by atoms with E-state index < -0.39 is 11.9 Å². The molecule has 0 aliphatic heterocycles. The van der Waals surface area contributed by atoms with Gasteiger partial charge in [0.2, 0.25) is 5.91 Å². The topological polar surface area (TPSA) is 115 Å². The van der Waals surface area contributed by atoms with Gasteiger partial charge in [-0.2, -0.15) is 0 Å². The number of imide groups is 1.